The second kappa shape index (κ2) is 6.54. The van der Waals surface area contributed by atoms with E-state index in [1.165, 1.54) is 4.31 Å². The van der Waals surface area contributed by atoms with Crippen molar-refractivity contribution in [1.29, 1.82) is 0 Å². The van der Waals surface area contributed by atoms with Crippen molar-refractivity contribution in [3.8, 4) is 0 Å². The first-order chi connectivity index (χ1) is 8.89. The third-order valence-electron chi connectivity index (χ3n) is 3.07. The van der Waals surface area contributed by atoms with Gasteiger partial charge < -0.3 is 10.2 Å². The summed E-state index contributed by atoms with van der Waals surface area (Å²) in [5, 5.41) is 0. The lowest BCUT2D eigenvalue weighted by atomic mass is 10.2. The fourth-order valence-corrected chi connectivity index (χ4v) is 4.31. The van der Waals surface area contributed by atoms with Crippen LogP contribution in [0, 0.1) is 13.8 Å². The molecule has 19 heavy (non-hydrogen) atoms. The van der Waals surface area contributed by atoms with Gasteiger partial charge in [-0.2, -0.15) is 4.31 Å². The van der Waals surface area contributed by atoms with Gasteiger partial charge in [0.1, 0.15) is 16.4 Å². The summed E-state index contributed by atoms with van der Waals surface area (Å²) in [4.78, 5) is 0.259. The van der Waals surface area contributed by atoms with Gasteiger partial charge in [-0.1, -0.05) is 13.8 Å². The predicted octanol–water partition coefficient (Wildman–Crippen LogP) is 2.17. The van der Waals surface area contributed by atoms with E-state index in [2.05, 4.69) is 0 Å². The van der Waals surface area contributed by atoms with Crippen LogP contribution in [0.4, 0.5) is 0 Å². The molecule has 5 nitrogen and oxygen atoms in total. The molecule has 0 saturated carbocycles. The van der Waals surface area contributed by atoms with Crippen LogP contribution in [0.25, 0.3) is 0 Å². The zero-order chi connectivity index (χ0) is 14.6. The lowest BCUT2D eigenvalue weighted by Crippen LogP contribution is -2.33. The zero-order valence-corrected chi connectivity index (χ0v) is 13.0. The Bertz CT molecular complexity index is 514. The molecule has 1 rings (SSSR count). The van der Waals surface area contributed by atoms with Crippen LogP contribution < -0.4 is 5.73 Å². The maximum absolute atomic E-state index is 12.7. The summed E-state index contributed by atoms with van der Waals surface area (Å²) < 4.78 is 32.4. The highest BCUT2D eigenvalue weighted by Crippen LogP contribution is 2.29. The van der Waals surface area contributed by atoms with Gasteiger partial charge in [0.2, 0.25) is 10.0 Å². The van der Waals surface area contributed by atoms with Gasteiger partial charge in [-0.3, -0.25) is 0 Å². The van der Waals surface area contributed by atoms with E-state index in [9.17, 15) is 8.42 Å². The highest BCUT2D eigenvalue weighted by atomic mass is 32.2. The molecule has 0 aliphatic rings. The molecule has 0 atom stereocenters. The van der Waals surface area contributed by atoms with Crippen LogP contribution in [-0.4, -0.2) is 25.8 Å². The average molecular weight is 288 g/mol. The molecule has 1 heterocycles. The number of nitrogens with zero attached hydrogens (tertiary/aromatic N) is 1. The van der Waals surface area contributed by atoms with Gasteiger partial charge >= 0.3 is 0 Å². The summed E-state index contributed by atoms with van der Waals surface area (Å²) >= 11 is 0. The Morgan fingerprint density at radius 3 is 2.05 bits per heavy atom. The number of nitrogens with two attached hydrogens (primary N) is 1. The van der Waals surface area contributed by atoms with E-state index in [0.717, 1.165) is 12.8 Å². The molecular weight excluding hydrogens is 264 g/mol. The number of hydrogen-bond donors (Lipinski definition) is 1. The van der Waals surface area contributed by atoms with Gasteiger partial charge in [0.05, 0.1) is 0 Å². The van der Waals surface area contributed by atoms with E-state index in [1.807, 2.05) is 13.8 Å². The van der Waals surface area contributed by atoms with E-state index in [-0.39, 0.29) is 11.4 Å². The fourth-order valence-electron chi connectivity index (χ4n) is 2.26. The largest absolute Gasteiger partial charge is 0.465 e. The van der Waals surface area contributed by atoms with Gasteiger partial charge in [0.15, 0.2) is 0 Å². The number of sulfonamides is 1. The molecule has 0 aromatic carbocycles. The van der Waals surface area contributed by atoms with E-state index in [1.54, 1.807) is 13.8 Å². The van der Waals surface area contributed by atoms with Crippen molar-refractivity contribution in [3.05, 3.63) is 17.1 Å². The summed E-state index contributed by atoms with van der Waals surface area (Å²) in [5.41, 5.74) is 6.26. The first kappa shape index (κ1) is 16.2. The third kappa shape index (κ3) is 3.19. The quantitative estimate of drug-likeness (QED) is 0.834. The molecule has 2 N–H and O–H groups in total. The molecule has 0 aliphatic carbocycles. The molecule has 0 aliphatic heterocycles. The maximum atomic E-state index is 12.7. The first-order valence-electron chi connectivity index (χ1n) is 6.69. The Kier molecular flexibility index (Phi) is 5.58. The van der Waals surface area contributed by atoms with Crippen molar-refractivity contribution in [2.24, 2.45) is 5.73 Å². The summed E-state index contributed by atoms with van der Waals surface area (Å²) in [6.07, 6.45) is 1.57. The zero-order valence-electron chi connectivity index (χ0n) is 12.2. The highest BCUT2D eigenvalue weighted by Gasteiger charge is 2.31. The topological polar surface area (TPSA) is 76.5 Å². The molecule has 0 unspecified atom stereocenters. The summed E-state index contributed by atoms with van der Waals surface area (Å²) in [6.45, 7) is 8.57. The van der Waals surface area contributed by atoms with Crippen LogP contribution in [0.2, 0.25) is 0 Å². The summed E-state index contributed by atoms with van der Waals surface area (Å²) in [6, 6.07) is 0. The molecule has 0 radical (unpaired) electrons. The van der Waals surface area contributed by atoms with Crippen LogP contribution in [-0.2, 0) is 16.6 Å². The Morgan fingerprint density at radius 1 is 1.11 bits per heavy atom. The van der Waals surface area contributed by atoms with E-state index in [4.69, 9.17) is 10.2 Å². The Hall–Kier alpha value is -0.850. The molecule has 0 fully saturated rings. The van der Waals surface area contributed by atoms with Crippen LogP contribution >= 0.6 is 0 Å². The minimum absolute atomic E-state index is 0.170. The second-order valence-corrected chi connectivity index (χ2v) is 6.51. The molecule has 1 aromatic rings. The van der Waals surface area contributed by atoms with Gasteiger partial charge in [0, 0.05) is 25.2 Å². The normalized spacial score (nSPS) is 12.3. The monoisotopic (exact) mass is 288 g/mol. The fraction of sp³-hybridized carbons (Fsp3) is 0.692. The number of furan rings is 1. The molecular formula is C13H24N2O3S. The minimum Gasteiger partial charge on any atom is -0.465 e. The maximum Gasteiger partial charge on any atom is 0.246 e. The van der Waals surface area contributed by atoms with Crippen molar-refractivity contribution in [2.75, 3.05) is 13.1 Å². The van der Waals surface area contributed by atoms with Gasteiger partial charge in [-0.05, 0) is 26.7 Å². The van der Waals surface area contributed by atoms with Gasteiger partial charge in [-0.15, -0.1) is 0 Å². The van der Waals surface area contributed by atoms with Gasteiger partial charge in [-0.25, -0.2) is 8.42 Å². The Morgan fingerprint density at radius 2 is 1.63 bits per heavy atom. The Labute approximate surface area is 115 Å². The van der Waals surface area contributed by atoms with Crippen LogP contribution in [0.3, 0.4) is 0 Å². The third-order valence-corrected chi connectivity index (χ3v) is 5.17. The van der Waals surface area contributed by atoms with E-state index in [0.29, 0.717) is 30.2 Å². The van der Waals surface area contributed by atoms with Crippen molar-refractivity contribution in [1.82, 2.24) is 4.31 Å². The second-order valence-electron chi connectivity index (χ2n) is 4.63. The smallest absolute Gasteiger partial charge is 0.246 e. The molecule has 0 amide bonds. The molecule has 0 spiro atoms. The molecule has 0 saturated heterocycles. The standard InChI is InChI=1S/C13H24N2O3S/c1-5-7-15(8-6-2)19(16,17)13-11(4)18-10(3)12(13)9-14/h5-9,14H2,1-4H3. The van der Waals surface area contributed by atoms with E-state index < -0.39 is 10.0 Å². The van der Waals surface area contributed by atoms with Crippen LogP contribution in [0.1, 0.15) is 43.8 Å². The lowest BCUT2D eigenvalue weighted by molar-refractivity contribution is 0.407. The van der Waals surface area contributed by atoms with Gasteiger partial charge in [0.25, 0.3) is 0 Å². The first-order valence-corrected chi connectivity index (χ1v) is 8.13. The lowest BCUT2D eigenvalue weighted by Gasteiger charge is -2.21. The molecule has 110 valence electrons. The average Bonchev–Trinajstić information content (AvgIpc) is 2.63. The minimum atomic E-state index is -3.52. The van der Waals surface area contributed by atoms with Crippen molar-refractivity contribution in [3.63, 3.8) is 0 Å². The van der Waals surface area contributed by atoms with Crippen molar-refractivity contribution < 1.29 is 12.8 Å². The molecule has 0 bridgehead atoms. The highest BCUT2D eigenvalue weighted by molar-refractivity contribution is 7.89. The number of hydrogen-bond acceptors (Lipinski definition) is 4. The molecule has 1 aromatic heterocycles. The van der Waals surface area contributed by atoms with Crippen LogP contribution in [0.15, 0.2) is 9.31 Å². The number of rotatable bonds is 7. The molecule has 6 heteroatoms. The predicted molar refractivity (Wildman–Crippen MR) is 75.4 cm³/mol. The van der Waals surface area contributed by atoms with Crippen molar-refractivity contribution in [2.45, 2.75) is 52.0 Å². The Balaban J connectivity index is 3.32. The summed E-state index contributed by atoms with van der Waals surface area (Å²) in [5.74, 6) is 1.02. The van der Waals surface area contributed by atoms with E-state index >= 15 is 0 Å². The SMILES string of the molecule is CCCN(CCC)S(=O)(=O)c1c(C)oc(C)c1CN. The number of aryl methyl sites for hydroxylation is 2. The summed E-state index contributed by atoms with van der Waals surface area (Å²) in [7, 11) is -3.52. The van der Waals surface area contributed by atoms with Crippen LogP contribution in [0.5, 0.6) is 0 Å². The van der Waals surface area contributed by atoms with Crippen molar-refractivity contribution >= 4 is 10.0 Å².